The van der Waals surface area contributed by atoms with Crippen LogP contribution in [0.5, 0.6) is 0 Å². The lowest BCUT2D eigenvalue weighted by Crippen LogP contribution is -1.96. The molecule has 0 saturated carbocycles. The van der Waals surface area contributed by atoms with Crippen LogP contribution in [0.25, 0.3) is 0 Å². The molecule has 0 heterocycles. The second-order valence-electron chi connectivity index (χ2n) is 3.26. The summed E-state index contributed by atoms with van der Waals surface area (Å²) in [5.74, 6) is 0.859. The summed E-state index contributed by atoms with van der Waals surface area (Å²) in [6.07, 6.45) is 8.83. The molecule has 1 aliphatic rings. The van der Waals surface area contributed by atoms with E-state index in [9.17, 15) is 4.79 Å². The summed E-state index contributed by atoms with van der Waals surface area (Å²) in [4.78, 5) is 11.3. The molecule has 0 saturated heterocycles. The molecule has 0 radical (unpaired) electrons. The standard InChI is InChI=1S/C11H16O/c1-3-5-6-10-7-9(4-2)8-11(10)12/h3,5,7,9H,4,6,8H2,1-2H3/b5-3-/t9-/m1/s1. The van der Waals surface area contributed by atoms with E-state index in [0.717, 1.165) is 24.8 Å². The molecule has 0 aromatic heterocycles. The molecule has 1 heteroatoms. The highest BCUT2D eigenvalue weighted by molar-refractivity contribution is 5.98. The summed E-state index contributed by atoms with van der Waals surface area (Å²) in [6, 6.07) is 0. The van der Waals surface area contributed by atoms with Gasteiger partial charge in [0.1, 0.15) is 0 Å². The van der Waals surface area contributed by atoms with Gasteiger partial charge in [-0.3, -0.25) is 4.79 Å². The van der Waals surface area contributed by atoms with E-state index in [1.54, 1.807) is 0 Å². The quantitative estimate of drug-likeness (QED) is 0.586. The van der Waals surface area contributed by atoms with Crippen molar-refractivity contribution in [3.8, 4) is 0 Å². The molecule has 0 N–H and O–H groups in total. The molecule has 0 fully saturated rings. The molecule has 0 unspecified atom stereocenters. The van der Waals surface area contributed by atoms with Gasteiger partial charge in [-0.15, -0.1) is 0 Å². The largest absolute Gasteiger partial charge is 0.295 e. The molecule has 0 amide bonds. The maximum Gasteiger partial charge on any atom is 0.159 e. The van der Waals surface area contributed by atoms with E-state index in [2.05, 4.69) is 13.0 Å². The Balaban J connectivity index is 2.57. The van der Waals surface area contributed by atoms with Gasteiger partial charge in [0, 0.05) is 6.42 Å². The first-order valence-corrected chi connectivity index (χ1v) is 4.63. The number of carbonyl (C=O) groups excluding carboxylic acids is 1. The minimum atomic E-state index is 0.347. The smallest absolute Gasteiger partial charge is 0.159 e. The van der Waals surface area contributed by atoms with Crippen LogP contribution in [0, 0.1) is 5.92 Å². The lowest BCUT2D eigenvalue weighted by atomic mass is 10.1. The Morgan fingerprint density at radius 2 is 2.42 bits per heavy atom. The molecule has 1 rings (SSSR count). The van der Waals surface area contributed by atoms with E-state index < -0.39 is 0 Å². The molecule has 0 aliphatic heterocycles. The van der Waals surface area contributed by atoms with Crippen molar-refractivity contribution in [1.82, 2.24) is 0 Å². The Labute approximate surface area is 74.2 Å². The zero-order valence-electron chi connectivity index (χ0n) is 7.84. The molecule has 12 heavy (non-hydrogen) atoms. The number of rotatable bonds is 3. The fourth-order valence-corrected chi connectivity index (χ4v) is 1.49. The van der Waals surface area contributed by atoms with Gasteiger partial charge in [-0.1, -0.05) is 25.2 Å². The number of ketones is 1. The zero-order chi connectivity index (χ0) is 8.97. The summed E-state index contributed by atoms with van der Waals surface area (Å²) in [6.45, 7) is 4.12. The van der Waals surface area contributed by atoms with Crippen LogP contribution in [0.1, 0.15) is 33.1 Å². The van der Waals surface area contributed by atoms with Crippen LogP contribution < -0.4 is 0 Å². The molecule has 0 spiro atoms. The number of allylic oxidation sites excluding steroid dienone is 4. The second kappa shape index (κ2) is 4.24. The van der Waals surface area contributed by atoms with E-state index in [1.165, 1.54) is 0 Å². The molecule has 1 aliphatic carbocycles. The summed E-state index contributed by atoms with van der Waals surface area (Å²) in [5.41, 5.74) is 1.01. The van der Waals surface area contributed by atoms with Crippen molar-refractivity contribution in [2.45, 2.75) is 33.1 Å². The lowest BCUT2D eigenvalue weighted by Gasteiger charge is -1.96. The monoisotopic (exact) mass is 164 g/mol. The van der Waals surface area contributed by atoms with Crippen LogP contribution in [0.15, 0.2) is 23.8 Å². The van der Waals surface area contributed by atoms with Crippen LogP contribution in [0.4, 0.5) is 0 Å². The van der Waals surface area contributed by atoms with Crippen molar-refractivity contribution in [3.05, 3.63) is 23.8 Å². The third-order valence-corrected chi connectivity index (χ3v) is 2.34. The van der Waals surface area contributed by atoms with E-state index in [0.29, 0.717) is 11.7 Å². The minimum Gasteiger partial charge on any atom is -0.295 e. The summed E-state index contributed by atoms with van der Waals surface area (Å²) >= 11 is 0. The predicted molar refractivity (Wildman–Crippen MR) is 50.9 cm³/mol. The number of hydrogen-bond acceptors (Lipinski definition) is 1. The molecule has 1 nitrogen and oxygen atoms in total. The van der Waals surface area contributed by atoms with Crippen molar-refractivity contribution >= 4 is 5.78 Å². The highest BCUT2D eigenvalue weighted by atomic mass is 16.1. The molecular formula is C11H16O. The Bertz CT molecular complexity index is 223. The van der Waals surface area contributed by atoms with Crippen molar-refractivity contribution in [1.29, 1.82) is 0 Å². The first-order chi connectivity index (χ1) is 5.77. The molecule has 0 aromatic carbocycles. The Kier molecular flexibility index (Phi) is 3.27. The van der Waals surface area contributed by atoms with Gasteiger partial charge in [0.05, 0.1) is 0 Å². The number of Topliss-reactive ketones (excluding diaryl/α,β-unsaturated/α-hetero) is 1. The van der Waals surface area contributed by atoms with E-state index in [-0.39, 0.29) is 0 Å². The SMILES string of the molecule is C/C=C\CC1=C[C@@H](CC)CC1=O. The molecule has 0 aromatic rings. The Morgan fingerprint density at radius 3 is 2.92 bits per heavy atom. The normalized spacial score (nSPS) is 23.7. The van der Waals surface area contributed by atoms with E-state index >= 15 is 0 Å². The minimum absolute atomic E-state index is 0.347. The van der Waals surface area contributed by atoms with Crippen molar-refractivity contribution in [3.63, 3.8) is 0 Å². The Morgan fingerprint density at radius 1 is 1.67 bits per heavy atom. The van der Waals surface area contributed by atoms with Gasteiger partial charge in [0.25, 0.3) is 0 Å². The lowest BCUT2D eigenvalue weighted by molar-refractivity contribution is -0.115. The highest BCUT2D eigenvalue weighted by Crippen LogP contribution is 2.25. The van der Waals surface area contributed by atoms with Crippen molar-refractivity contribution in [2.24, 2.45) is 5.92 Å². The second-order valence-corrected chi connectivity index (χ2v) is 3.26. The van der Waals surface area contributed by atoms with Crippen LogP contribution in [0.3, 0.4) is 0 Å². The third kappa shape index (κ3) is 2.07. The van der Waals surface area contributed by atoms with Gasteiger partial charge in [-0.2, -0.15) is 0 Å². The maximum absolute atomic E-state index is 11.3. The molecule has 0 bridgehead atoms. The summed E-state index contributed by atoms with van der Waals surface area (Å²) in [7, 11) is 0. The number of carbonyl (C=O) groups is 1. The average Bonchev–Trinajstić information content (AvgIpc) is 2.43. The third-order valence-electron chi connectivity index (χ3n) is 2.34. The van der Waals surface area contributed by atoms with Crippen LogP contribution in [-0.2, 0) is 4.79 Å². The van der Waals surface area contributed by atoms with Crippen molar-refractivity contribution in [2.75, 3.05) is 0 Å². The predicted octanol–water partition coefficient (Wildman–Crippen LogP) is 2.88. The van der Waals surface area contributed by atoms with Gasteiger partial charge in [0.2, 0.25) is 0 Å². The number of hydrogen-bond donors (Lipinski definition) is 0. The van der Waals surface area contributed by atoms with Crippen LogP contribution >= 0.6 is 0 Å². The molecule has 66 valence electrons. The first kappa shape index (κ1) is 9.24. The van der Waals surface area contributed by atoms with Gasteiger partial charge < -0.3 is 0 Å². The van der Waals surface area contributed by atoms with E-state index in [4.69, 9.17) is 0 Å². The van der Waals surface area contributed by atoms with Gasteiger partial charge in [-0.05, 0) is 31.3 Å². The van der Waals surface area contributed by atoms with Crippen LogP contribution in [-0.4, -0.2) is 5.78 Å². The first-order valence-electron chi connectivity index (χ1n) is 4.63. The average molecular weight is 164 g/mol. The molecular weight excluding hydrogens is 148 g/mol. The highest BCUT2D eigenvalue weighted by Gasteiger charge is 2.20. The van der Waals surface area contributed by atoms with Crippen molar-refractivity contribution < 1.29 is 4.79 Å². The van der Waals surface area contributed by atoms with Gasteiger partial charge >= 0.3 is 0 Å². The maximum atomic E-state index is 11.3. The van der Waals surface area contributed by atoms with Gasteiger partial charge in [0.15, 0.2) is 5.78 Å². The summed E-state index contributed by atoms with van der Waals surface area (Å²) < 4.78 is 0. The Hall–Kier alpha value is -0.850. The molecule has 1 atom stereocenters. The summed E-state index contributed by atoms with van der Waals surface area (Å²) in [5, 5.41) is 0. The zero-order valence-corrected chi connectivity index (χ0v) is 7.84. The van der Waals surface area contributed by atoms with Gasteiger partial charge in [-0.25, -0.2) is 0 Å². The van der Waals surface area contributed by atoms with Crippen LogP contribution in [0.2, 0.25) is 0 Å². The fourth-order valence-electron chi connectivity index (χ4n) is 1.49. The van der Waals surface area contributed by atoms with E-state index in [1.807, 2.05) is 19.1 Å². The fraction of sp³-hybridized carbons (Fsp3) is 0.545. The topological polar surface area (TPSA) is 17.1 Å².